The number of aryl methyl sites for hydroxylation is 1. The van der Waals surface area contributed by atoms with Gasteiger partial charge in [-0.1, -0.05) is 35.3 Å². The number of hydrogen-bond donors (Lipinski definition) is 1. The van der Waals surface area contributed by atoms with Gasteiger partial charge in [0, 0.05) is 5.02 Å². The normalized spacial score (nSPS) is 14.6. The molecule has 1 N–H and O–H groups in total. The van der Waals surface area contributed by atoms with E-state index < -0.39 is 6.10 Å². The van der Waals surface area contributed by atoms with Crippen LogP contribution in [0.3, 0.4) is 0 Å². The van der Waals surface area contributed by atoms with Crippen LogP contribution in [-0.4, -0.2) is 12.0 Å². The summed E-state index contributed by atoms with van der Waals surface area (Å²) in [6.07, 6.45) is 3.81. The van der Waals surface area contributed by atoms with E-state index in [9.17, 15) is 4.79 Å². The van der Waals surface area contributed by atoms with Crippen molar-refractivity contribution in [1.29, 1.82) is 0 Å². The summed E-state index contributed by atoms with van der Waals surface area (Å²) >= 11 is 12.0. The molecular weight excluding hydrogens is 345 g/mol. The Kier molecular flexibility index (Phi) is 5.32. The summed E-state index contributed by atoms with van der Waals surface area (Å²) < 4.78 is 5.93. The van der Waals surface area contributed by atoms with Crippen LogP contribution < -0.4 is 10.1 Å². The lowest BCUT2D eigenvalue weighted by atomic mass is 9.91. The minimum absolute atomic E-state index is 0.257. The van der Waals surface area contributed by atoms with Crippen molar-refractivity contribution in [1.82, 2.24) is 0 Å². The molecule has 0 saturated heterocycles. The van der Waals surface area contributed by atoms with Crippen LogP contribution in [0.25, 0.3) is 0 Å². The molecule has 0 unspecified atom stereocenters. The van der Waals surface area contributed by atoms with Crippen molar-refractivity contribution in [3.63, 3.8) is 0 Å². The third-order valence-corrected chi connectivity index (χ3v) is 4.78. The highest BCUT2D eigenvalue weighted by molar-refractivity contribution is 6.35. The Balaban J connectivity index is 1.72. The number of fused-ring (bicyclic) bond motifs is 1. The van der Waals surface area contributed by atoms with E-state index in [0.29, 0.717) is 15.7 Å². The van der Waals surface area contributed by atoms with Gasteiger partial charge in [-0.05, 0) is 68.0 Å². The van der Waals surface area contributed by atoms with Crippen LogP contribution in [0.5, 0.6) is 5.75 Å². The zero-order chi connectivity index (χ0) is 17.1. The number of nitrogens with one attached hydrogen (secondary N) is 1. The van der Waals surface area contributed by atoms with Crippen molar-refractivity contribution in [3.8, 4) is 5.75 Å². The Morgan fingerprint density at radius 2 is 1.96 bits per heavy atom. The number of carbonyl (C=O) groups is 1. The van der Waals surface area contributed by atoms with Gasteiger partial charge in [-0.2, -0.15) is 0 Å². The lowest BCUT2D eigenvalue weighted by Gasteiger charge is -2.22. The molecule has 0 fully saturated rings. The highest BCUT2D eigenvalue weighted by atomic mass is 35.5. The topological polar surface area (TPSA) is 38.3 Å². The Bertz CT molecular complexity index is 761. The highest BCUT2D eigenvalue weighted by Crippen LogP contribution is 2.30. The van der Waals surface area contributed by atoms with Crippen LogP contribution in [0.4, 0.5) is 5.69 Å². The molecule has 0 saturated carbocycles. The Morgan fingerprint density at radius 3 is 2.79 bits per heavy atom. The van der Waals surface area contributed by atoms with Crippen LogP contribution in [0.2, 0.25) is 10.0 Å². The summed E-state index contributed by atoms with van der Waals surface area (Å²) in [5.41, 5.74) is 3.04. The van der Waals surface area contributed by atoms with Crippen LogP contribution in [0.1, 0.15) is 30.9 Å². The average molecular weight is 364 g/mol. The molecule has 5 heteroatoms. The molecule has 1 aliphatic carbocycles. The van der Waals surface area contributed by atoms with Crippen LogP contribution in [-0.2, 0) is 17.6 Å². The smallest absolute Gasteiger partial charge is 0.265 e. The molecule has 24 heavy (non-hydrogen) atoms. The van der Waals surface area contributed by atoms with E-state index in [1.165, 1.54) is 17.5 Å². The zero-order valence-corrected chi connectivity index (χ0v) is 15.0. The van der Waals surface area contributed by atoms with E-state index in [-0.39, 0.29) is 5.91 Å². The molecular formula is C19H19Cl2NO2. The van der Waals surface area contributed by atoms with E-state index in [2.05, 4.69) is 11.4 Å². The summed E-state index contributed by atoms with van der Waals surface area (Å²) in [5, 5.41) is 3.73. The van der Waals surface area contributed by atoms with E-state index in [1.54, 1.807) is 25.1 Å². The lowest BCUT2D eigenvalue weighted by Crippen LogP contribution is -2.30. The summed E-state index contributed by atoms with van der Waals surface area (Å²) in [6, 6.07) is 11.0. The summed E-state index contributed by atoms with van der Waals surface area (Å²) in [6.45, 7) is 1.73. The molecule has 3 nitrogen and oxygen atoms in total. The van der Waals surface area contributed by atoms with E-state index >= 15 is 0 Å². The minimum atomic E-state index is -0.631. The maximum Gasteiger partial charge on any atom is 0.265 e. The number of halogens is 2. The van der Waals surface area contributed by atoms with E-state index in [1.807, 2.05) is 12.1 Å². The van der Waals surface area contributed by atoms with Gasteiger partial charge in [-0.25, -0.2) is 0 Å². The van der Waals surface area contributed by atoms with Gasteiger partial charge in [0.25, 0.3) is 5.91 Å². The minimum Gasteiger partial charge on any atom is -0.481 e. The number of carbonyl (C=O) groups excluding carboxylic acids is 1. The summed E-state index contributed by atoms with van der Waals surface area (Å²) in [7, 11) is 0. The predicted molar refractivity (Wildman–Crippen MR) is 98.3 cm³/mol. The maximum atomic E-state index is 12.4. The molecule has 0 aliphatic heterocycles. The Labute approximate surface area is 151 Å². The first-order chi connectivity index (χ1) is 11.5. The predicted octanol–water partition coefficient (Wildman–Crippen LogP) is 5.28. The largest absolute Gasteiger partial charge is 0.481 e. The molecule has 2 aromatic carbocycles. The fourth-order valence-electron chi connectivity index (χ4n) is 2.93. The first-order valence-electron chi connectivity index (χ1n) is 8.08. The maximum absolute atomic E-state index is 12.4. The molecule has 3 rings (SSSR count). The molecule has 126 valence electrons. The molecule has 1 atom stereocenters. The van der Waals surface area contributed by atoms with Crippen LogP contribution in [0, 0.1) is 0 Å². The number of amides is 1. The van der Waals surface area contributed by atoms with Crippen molar-refractivity contribution >= 4 is 34.8 Å². The van der Waals surface area contributed by atoms with Gasteiger partial charge < -0.3 is 10.1 Å². The molecule has 2 aromatic rings. The summed E-state index contributed by atoms with van der Waals surface area (Å²) in [5.74, 6) is 0.541. The van der Waals surface area contributed by atoms with Gasteiger partial charge in [0.05, 0.1) is 10.7 Å². The van der Waals surface area contributed by atoms with Gasteiger partial charge in [-0.3, -0.25) is 4.79 Å². The van der Waals surface area contributed by atoms with Crippen molar-refractivity contribution in [2.75, 3.05) is 5.32 Å². The fourth-order valence-corrected chi connectivity index (χ4v) is 3.27. The van der Waals surface area contributed by atoms with Crippen molar-refractivity contribution in [2.24, 2.45) is 0 Å². The Morgan fingerprint density at radius 1 is 1.17 bits per heavy atom. The molecule has 1 aliphatic rings. The van der Waals surface area contributed by atoms with Crippen molar-refractivity contribution < 1.29 is 9.53 Å². The average Bonchev–Trinajstić information content (AvgIpc) is 2.58. The third kappa shape index (κ3) is 3.85. The lowest BCUT2D eigenvalue weighted by molar-refractivity contribution is -0.122. The first-order valence-corrected chi connectivity index (χ1v) is 8.83. The quantitative estimate of drug-likeness (QED) is 0.802. The van der Waals surface area contributed by atoms with Crippen molar-refractivity contribution in [2.45, 2.75) is 38.7 Å². The second-order valence-corrected chi connectivity index (χ2v) is 6.82. The number of ether oxygens (including phenoxy) is 1. The van der Waals surface area contributed by atoms with Crippen LogP contribution >= 0.6 is 23.2 Å². The van der Waals surface area contributed by atoms with Gasteiger partial charge in [-0.15, -0.1) is 0 Å². The van der Waals surface area contributed by atoms with Gasteiger partial charge in [0.1, 0.15) is 5.75 Å². The highest BCUT2D eigenvalue weighted by Gasteiger charge is 2.20. The third-order valence-electron chi connectivity index (χ3n) is 4.21. The number of rotatable bonds is 4. The Hall–Kier alpha value is -1.71. The molecule has 0 heterocycles. The van der Waals surface area contributed by atoms with E-state index in [0.717, 1.165) is 25.0 Å². The number of hydrogen-bond acceptors (Lipinski definition) is 2. The standard InChI is InChI=1S/C19H19Cl2NO2/c1-12(19(23)22-17-11-14(20)9-10-16(17)21)24-18-8-4-6-13-5-2-3-7-15(13)18/h4,6,8-12H,2-3,5,7H2,1H3,(H,22,23)/t12-/m0/s1. The molecule has 1 amide bonds. The molecule has 0 radical (unpaired) electrons. The molecule has 0 spiro atoms. The monoisotopic (exact) mass is 363 g/mol. The second-order valence-electron chi connectivity index (χ2n) is 5.97. The van der Waals surface area contributed by atoms with Crippen molar-refractivity contribution in [3.05, 3.63) is 57.6 Å². The zero-order valence-electron chi connectivity index (χ0n) is 13.4. The fraction of sp³-hybridized carbons (Fsp3) is 0.316. The van der Waals surface area contributed by atoms with Gasteiger partial charge in [0.15, 0.2) is 6.10 Å². The van der Waals surface area contributed by atoms with E-state index in [4.69, 9.17) is 27.9 Å². The molecule has 0 bridgehead atoms. The molecule has 0 aromatic heterocycles. The van der Waals surface area contributed by atoms with Crippen LogP contribution in [0.15, 0.2) is 36.4 Å². The first kappa shape index (κ1) is 17.1. The number of anilines is 1. The number of benzene rings is 2. The van der Waals surface area contributed by atoms with Gasteiger partial charge >= 0.3 is 0 Å². The second kappa shape index (κ2) is 7.45. The SMILES string of the molecule is C[C@H](Oc1cccc2c1CCCC2)C(=O)Nc1cc(Cl)ccc1Cl. The summed E-state index contributed by atoms with van der Waals surface area (Å²) in [4.78, 5) is 12.4. The van der Waals surface area contributed by atoms with Gasteiger partial charge in [0.2, 0.25) is 0 Å².